The van der Waals surface area contributed by atoms with Gasteiger partial charge in [0.15, 0.2) is 0 Å². The van der Waals surface area contributed by atoms with Crippen molar-refractivity contribution in [1.29, 1.82) is 0 Å². The van der Waals surface area contributed by atoms with Crippen LogP contribution in [0.15, 0.2) is 0 Å². The lowest BCUT2D eigenvalue weighted by molar-refractivity contribution is -0.139. The lowest BCUT2D eigenvalue weighted by atomic mass is 9.78. The van der Waals surface area contributed by atoms with E-state index in [4.69, 9.17) is 5.11 Å². The van der Waals surface area contributed by atoms with Gasteiger partial charge < -0.3 is 15.3 Å². The highest BCUT2D eigenvalue weighted by molar-refractivity contribution is 5.74. The Balaban J connectivity index is 4.44. The third kappa shape index (κ3) is 5.89. The summed E-state index contributed by atoms with van der Waals surface area (Å²) in [6, 6.07) is -0.125. The first-order chi connectivity index (χ1) is 8.22. The van der Waals surface area contributed by atoms with Crippen molar-refractivity contribution >= 4 is 12.0 Å². The summed E-state index contributed by atoms with van der Waals surface area (Å²) in [5.74, 6) is -0.901. The van der Waals surface area contributed by atoms with Crippen LogP contribution in [0, 0.1) is 11.3 Å². The Hall–Kier alpha value is -1.26. The van der Waals surface area contributed by atoms with E-state index >= 15 is 0 Å². The van der Waals surface area contributed by atoms with Crippen molar-refractivity contribution in [2.75, 3.05) is 19.6 Å². The number of carboxylic acid groups (broad SMARTS) is 1. The van der Waals surface area contributed by atoms with E-state index in [0.717, 1.165) is 0 Å². The third-order valence-corrected chi connectivity index (χ3v) is 3.20. The van der Waals surface area contributed by atoms with Gasteiger partial charge in [-0.25, -0.2) is 4.79 Å². The molecule has 0 aliphatic carbocycles. The fourth-order valence-electron chi connectivity index (χ4n) is 1.73. The maximum Gasteiger partial charge on any atom is 0.317 e. The SMILES string of the molecule is CCN(CC)C(=O)NCC(CC(=O)O)C(C)(C)C. The van der Waals surface area contributed by atoms with Gasteiger partial charge in [-0.3, -0.25) is 4.79 Å². The van der Waals surface area contributed by atoms with E-state index in [9.17, 15) is 9.59 Å². The molecule has 0 aromatic heterocycles. The molecule has 106 valence electrons. The van der Waals surface area contributed by atoms with Crippen LogP contribution in [-0.2, 0) is 4.79 Å². The Bertz CT molecular complexity index is 280. The molecular formula is C13H26N2O3. The monoisotopic (exact) mass is 258 g/mol. The highest BCUT2D eigenvalue weighted by Gasteiger charge is 2.27. The maximum absolute atomic E-state index is 11.8. The number of nitrogens with zero attached hydrogens (tertiary/aromatic N) is 1. The molecule has 0 bridgehead atoms. The number of hydrogen-bond acceptors (Lipinski definition) is 2. The van der Waals surface area contributed by atoms with Gasteiger partial charge in [0.25, 0.3) is 0 Å². The summed E-state index contributed by atoms with van der Waals surface area (Å²) in [6.45, 7) is 11.5. The van der Waals surface area contributed by atoms with Gasteiger partial charge in [-0.2, -0.15) is 0 Å². The zero-order valence-electron chi connectivity index (χ0n) is 12.1. The summed E-state index contributed by atoms with van der Waals surface area (Å²) in [6.07, 6.45) is 0.0715. The van der Waals surface area contributed by atoms with Crippen molar-refractivity contribution in [3.05, 3.63) is 0 Å². The first-order valence-corrected chi connectivity index (χ1v) is 6.46. The third-order valence-electron chi connectivity index (χ3n) is 3.20. The summed E-state index contributed by atoms with van der Waals surface area (Å²) in [5, 5.41) is 11.7. The molecular weight excluding hydrogens is 232 g/mol. The van der Waals surface area contributed by atoms with E-state index in [1.165, 1.54) is 0 Å². The van der Waals surface area contributed by atoms with Crippen molar-refractivity contribution < 1.29 is 14.7 Å². The minimum absolute atomic E-state index is 0.0715. The van der Waals surface area contributed by atoms with Gasteiger partial charge in [0.1, 0.15) is 0 Å². The normalized spacial score (nSPS) is 12.9. The number of nitrogens with one attached hydrogen (secondary N) is 1. The van der Waals surface area contributed by atoms with Gasteiger partial charge in [0.2, 0.25) is 0 Å². The summed E-state index contributed by atoms with van der Waals surface area (Å²) < 4.78 is 0. The summed E-state index contributed by atoms with van der Waals surface area (Å²) in [5.41, 5.74) is -0.144. The average molecular weight is 258 g/mol. The first kappa shape index (κ1) is 16.7. The maximum atomic E-state index is 11.8. The van der Waals surface area contributed by atoms with Gasteiger partial charge in [-0.15, -0.1) is 0 Å². The van der Waals surface area contributed by atoms with Crippen molar-refractivity contribution in [1.82, 2.24) is 10.2 Å². The predicted octanol–water partition coefficient (Wildman–Crippen LogP) is 2.17. The van der Waals surface area contributed by atoms with Crippen LogP contribution in [0.5, 0.6) is 0 Å². The molecule has 0 aliphatic rings. The smallest absolute Gasteiger partial charge is 0.317 e. The number of amides is 2. The number of carbonyl (C=O) groups excluding carboxylic acids is 1. The van der Waals surface area contributed by atoms with Crippen LogP contribution in [0.2, 0.25) is 0 Å². The van der Waals surface area contributed by atoms with E-state index in [2.05, 4.69) is 5.32 Å². The van der Waals surface area contributed by atoms with Gasteiger partial charge in [0, 0.05) is 19.6 Å². The molecule has 0 aromatic carbocycles. The molecule has 0 aromatic rings. The number of carbonyl (C=O) groups is 2. The Morgan fingerprint density at radius 2 is 1.72 bits per heavy atom. The second-order valence-corrected chi connectivity index (χ2v) is 5.52. The molecule has 2 amide bonds. The number of carboxylic acids is 1. The molecule has 18 heavy (non-hydrogen) atoms. The standard InChI is InChI=1S/C13H26N2O3/c1-6-15(7-2)12(18)14-9-10(8-11(16)17)13(3,4)5/h10H,6-9H2,1-5H3,(H,14,18)(H,16,17). The molecule has 5 heteroatoms. The first-order valence-electron chi connectivity index (χ1n) is 6.46. The van der Waals surface area contributed by atoms with Gasteiger partial charge in [-0.05, 0) is 25.2 Å². The predicted molar refractivity (Wildman–Crippen MR) is 71.5 cm³/mol. The molecule has 1 atom stereocenters. The number of aliphatic carboxylic acids is 1. The average Bonchev–Trinajstić information content (AvgIpc) is 2.23. The molecule has 0 fully saturated rings. The van der Waals surface area contributed by atoms with Crippen LogP contribution < -0.4 is 5.32 Å². The van der Waals surface area contributed by atoms with E-state index in [1.807, 2.05) is 34.6 Å². The molecule has 0 heterocycles. The molecule has 0 aliphatic heterocycles. The highest BCUT2D eigenvalue weighted by atomic mass is 16.4. The number of urea groups is 1. The molecule has 0 radical (unpaired) electrons. The quantitative estimate of drug-likeness (QED) is 0.767. The van der Waals surface area contributed by atoms with Crippen LogP contribution in [0.1, 0.15) is 41.0 Å². The largest absolute Gasteiger partial charge is 0.481 e. The Kier molecular flexibility index (Phi) is 6.73. The van der Waals surface area contributed by atoms with Crippen molar-refractivity contribution in [3.8, 4) is 0 Å². The number of hydrogen-bond donors (Lipinski definition) is 2. The molecule has 0 rings (SSSR count). The van der Waals surface area contributed by atoms with E-state index in [-0.39, 0.29) is 23.8 Å². The Morgan fingerprint density at radius 3 is 2.06 bits per heavy atom. The topological polar surface area (TPSA) is 69.6 Å². The van der Waals surface area contributed by atoms with Crippen molar-refractivity contribution in [2.24, 2.45) is 11.3 Å². The van der Waals surface area contributed by atoms with E-state index in [1.54, 1.807) is 4.90 Å². The Labute approximate surface area is 110 Å². The van der Waals surface area contributed by atoms with Gasteiger partial charge in [-0.1, -0.05) is 20.8 Å². The highest BCUT2D eigenvalue weighted by Crippen LogP contribution is 2.28. The zero-order valence-corrected chi connectivity index (χ0v) is 12.1. The fraction of sp³-hybridized carbons (Fsp3) is 0.846. The summed E-state index contributed by atoms with van der Waals surface area (Å²) >= 11 is 0. The second kappa shape index (κ2) is 7.24. The summed E-state index contributed by atoms with van der Waals surface area (Å²) in [4.78, 5) is 24.3. The minimum atomic E-state index is -0.827. The van der Waals surface area contributed by atoms with Crippen LogP contribution in [0.25, 0.3) is 0 Å². The fourth-order valence-corrected chi connectivity index (χ4v) is 1.73. The molecule has 0 saturated carbocycles. The molecule has 1 unspecified atom stereocenters. The van der Waals surface area contributed by atoms with E-state index < -0.39 is 5.97 Å². The zero-order chi connectivity index (χ0) is 14.3. The molecule has 5 nitrogen and oxygen atoms in total. The van der Waals surface area contributed by atoms with Crippen LogP contribution in [0.3, 0.4) is 0 Å². The van der Waals surface area contributed by atoms with Crippen LogP contribution in [-0.4, -0.2) is 41.6 Å². The van der Waals surface area contributed by atoms with Crippen LogP contribution >= 0.6 is 0 Å². The molecule has 0 spiro atoms. The lowest BCUT2D eigenvalue weighted by Crippen LogP contribution is -2.43. The summed E-state index contributed by atoms with van der Waals surface area (Å²) in [7, 11) is 0. The van der Waals surface area contributed by atoms with Crippen molar-refractivity contribution in [3.63, 3.8) is 0 Å². The molecule has 2 N–H and O–H groups in total. The number of rotatable bonds is 6. The van der Waals surface area contributed by atoms with Gasteiger partial charge >= 0.3 is 12.0 Å². The second-order valence-electron chi connectivity index (χ2n) is 5.52. The van der Waals surface area contributed by atoms with Crippen molar-refractivity contribution in [2.45, 2.75) is 41.0 Å². The van der Waals surface area contributed by atoms with Crippen LogP contribution in [0.4, 0.5) is 4.79 Å². The van der Waals surface area contributed by atoms with Gasteiger partial charge in [0.05, 0.1) is 6.42 Å². The molecule has 0 saturated heterocycles. The van der Waals surface area contributed by atoms with E-state index in [0.29, 0.717) is 19.6 Å². The minimum Gasteiger partial charge on any atom is -0.481 e. The lowest BCUT2D eigenvalue weighted by Gasteiger charge is -2.30. The Morgan fingerprint density at radius 1 is 1.22 bits per heavy atom.